The Morgan fingerprint density at radius 2 is 1.83 bits per heavy atom. The minimum Gasteiger partial charge on any atom is -0.399 e. The summed E-state index contributed by atoms with van der Waals surface area (Å²) in [6.45, 7) is 10.4. The molecule has 1 saturated heterocycles. The second-order valence-corrected chi connectivity index (χ2v) is 6.91. The molecule has 0 N–H and O–H groups in total. The van der Waals surface area contributed by atoms with E-state index in [2.05, 4.69) is 10.1 Å². The van der Waals surface area contributed by atoms with Crippen molar-refractivity contribution >= 4 is 12.6 Å². The third-order valence-electron chi connectivity index (χ3n) is 4.59. The maximum Gasteiger partial charge on any atom is 0.498 e. The van der Waals surface area contributed by atoms with Crippen molar-refractivity contribution in [3.63, 3.8) is 0 Å². The number of nitrogens with zero attached hydrogens (tertiary/aromatic N) is 3. The highest BCUT2D eigenvalue weighted by atomic mass is 19.1. The van der Waals surface area contributed by atoms with Gasteiger partial charge in [0.1, 0.15) is 0 Å². The van der Waals surface area contributed by atoms with Crippen LogP contribution in [-0.4, -0.2) is 33.1 Å². The first-order chi connectivity index (χ1) is 10.7. The van der Waals surface area contributed by atoms with Gasteiger partial charge in [-0.2, -0.15) is 9.49 Å². The minimum atomic E-state index is -0.488. The number of pyridine rings is 1. The zero-order chi connectivity index (χ0) is 16.8. The van der Waals surface area contributed by atoms with E-state index in [1.807, 2.05) is 40.8 Å². The molecule has 122 valence electrons. The molecule has 1 aliphatic heterocycles. The van der Waals surface area contributed by atoms with Crippen molar-refractivity contribution in [3.8, 4) is 0 Å². The summed E-state index contributed by atoms with van der Waals surface area (Å²) in [4.78, 5) is 3.86. The fourth-order valence-corrected chi connectivity index (χ4v) is 2.52. The third-order valence-corrected chi connectivity index (χ3v) is 4.59. The molecule has 0 atom stereocenters. The van der Waals surface area contributed by atoms with Gasteiger partial charge < -0.3 is 9.31 Å². The van der Waals surface area contributed by atoms with Crippen molar-refractivity contribution < 1.29 is 13.7 Å². The zero-order valence-electron chi connectivity index (χ0n) is 14.1. The Kier molecular flexibility index (Phi) is 3.81. The van der Waals surface area contributed by atoms with E-state index in [0.717, 1.165) is 11.2 Å². The van der Waals surface area contributed by atoms with E-state index < -0.39 is 24.3 Å². The summed E-state index contributed by atoms with van der Waals surface area (Å²) in [5.41, 5.74) is 1.56. The Bertz CT molecular complexity index is 714. The molecule has 0 radical (unpaired) electrons. The SMILES string of the molecule is Cc1nn(Cc2cccc(F)n2)cc1B1OC(C)(C)C(C)(C)O1. The predicted molar refractivity (Wildman–Crippen MR) is 86.0 cm³/mol. The molecule has 0 bridgehead atoms. The van der Waals surface area contributed by atoms with Crippen molar-refractivity contribution in [2.75, 3.05) is 0 Å². The Labute approximate surface area is 136 Å². The average molecular weight is 317 g/mol. The fraction of sp³-hybridized carbons (Fsp3) is 0.500. The lowest BCUT2D eigenvalue weighted by Gasteiger charge is -2.32. The summed E-state index contributed by atoms with van der Waals surface area (Å²) in [6.07, 6.45) is 1.88. The van der Waals surface area contributed by atoms with E-state index >= 15 is 0 Å². The molecule has 2 aromatic heterocycles. The molecule has 0 aliphatic carbocycles. The summed E-state index contributed by atoms with van der Waals surface area (Å²) < 4.78 is 27.0. The molecular weight excluding hydrogens is 296 g/mol. The Hall–Kier alpha value is -1.73. The van der Waals surface area contributed by atoms with E-state index in [1.54, 1.807) is 16.8 Å². The van der Waals surface area contributed by atoms with Crippen LogP contribution in [0.2, 0.25) is 0 Å². The van der Waals surface area contributed by atoms with Crippen LogP contribution in [0.25, 0.3) is 0 Å². The predicted octanol–water partition coefficient (Wildman–Crippen LogP) is 2.07. The quantitative estimate of drug-likeness (QED) is 0.642. The lowest BCUT2D eigenvalue weighted by Crippen LogP contribution is -2.41. The first-order valence-corrected chi connectivity index (χ1v) is 7.69. The van der Waals surface area contributed by atoms with Crippen LogP contribution in [0.15, 0.2) is 24.4 Å². The van der Waals surface area contributed by atoms with Crippen LogP contribution in [0.5, 0.6) is 0 Å². The molecule has 0 spiro atoms. The zero-order valence-corrected chi connectivity index (χ0v) is 14.1. The highest BCUT2D eigenvalue weighted by molar-refractivity contribution is 6.62. The number of aromatic nitrogens is 3. The molecule has 7 heteroatoms. The van der Waals surface area contributed by atoms with Gasteiger partial charge >= 0.3 is 7.12 Å². The maximum atomic E-state index is 13.2. The Morgan fingerprint density at radius 3 is 2.43 bits per heavy atom. The lowest BCUT2D eigenvalue weighted by atomic mass is 9.79. The Balaban J connectivity index is 1.82. The highest BCUT2D eigenvalue weighted by Crippen LogP contribution is 2.36. The van der Waals surface area contributed by atoms with E-state index in [0.29, 0.717) is 12.2 Å². The van der Waals surface area contributed by atoms with Gasteiger partial charge in [0, 0.05) is 11.7 Å². The molecular formula is C16H21BFN3O2. The van der Waals surface area contributed by atoms with E-state index in [9.17, 15) is 4.39 Å². The highest BCUT2D eigenvalue weighted by Gasteiger charge is 2.52. The largest absolute Gasteiger partial charge is 0.498 e. The van der Waals surface area contributed by atoms with Gasteiger partial charge in [0.05, 0.1) is 29.1 Å². The monoisotopic (exact) mass is 317 g/mol. The molecule has 1 aliphatic rings. The number of aryl methyl sites for hydroxylation is 1. The molecule has 5 nitrogen and oxygen atoms in total. The van der Waals surface area contributed by atoms with E-state index in [1.165, 1.54) is 6.07 Å². The second kappa shape index (κ2) is 5.42. The summed E-state index contributed by atoms with van der Waals surface area (Å²) >= 11 is 0. The Morgan fingerprint density at radius 1 is 1.17 bits per heavy atom. The summed E-state index contributed by atoms with van der Waals surface area (Å²) in [7, 11) is -0.450. The first kappa shape index (κ1) is 16.1. The molecule has 3 heterocycles. The van der Waals surface area contributed by atoms with Crippen LogP contribution in [0.4, 0.5) is 4.39 Å². The average Bonchev–Trinajstić information content (AvgIpc) is 2.87. The van der Waals surface area contributed by atoms with Crippen LogP contribution in [0.1, 0.15) is 39.1 Å². The van der Waals surface area contributed by atoms with Gasteiger partial charge in [0.25, 0.3) is 0 Å². The summed E-state index contributed by atoms with van der Waals surface area (Å²) in [6, 6.07) is 4.74. The van der Waals surface area contributed by atoms with Crippen molar-refractivity contribution in [1.29, 1.82) is 0 Å². The van der Waals surface area contributed by atoms with Crippen LogP contribution in [0, 0.1) is 12.9 Å². The van der Waals surface area contributed by atoms with E-state index in [-0.39, 0.29) is 0 Å². The second-order valence-electron chi connectivity index (χ2n) is 6.91. The van der Waals surface area contributed by atoms with Crippen LogP contribution in [-0.2, 0) is 15.9 Å². The number of rotatable bonds is 3. The van der Waals surface area contributed by atoms with Gasteiger partial charge in [-0.05, 0) is 46.8 Å². The van der Waals surface area contributed by atoms with Crippen molar-refractivity contribution in [2.24, 2.45) is 0 Å². The van der Waals surface area contributed by atoms with Gasteiger partial charge in [0.2, 0.25) is 5.95 Å². The number of halogens is 1. The van der Waals surface area contributed by atoms with Gasteiger partial charge in [-0.25, -0.2) is 4.98 Å². The normalized spacial score (nSPS) is 19.3. The van der Waals surface area contributed by atoms with E-state index in [4.69, 9.17) is 9.31 Å². The topological polar surface area (TPSA) is 49.2 Å². The van der Waals surface area contributed by atoms with Crippen molar-refractivity contribution in [2.45, 2.75) is 52.4 Å². The van der Waals surface area contributed by atoms with Gasteiger partial charge in [0.15, 0.2) is 0 Å². The van der Waals surface area contributed by atoms with Gasteiger partial charge in [-0.1, -0.05) is 6.07 Å². The van der Waals surface area contributed by atoms with Gasteiger partial charge in [-0.15, -0.1) is 0 Å². The van der Waals surface area contributed by atoms with Crippen molar-refractivity contribution in [3.05, 3.63) is 41.7 Å². The number of hydrogen-bond acceptors (Lipinski definition) is 4. The fourth-order valence-electron chi connectivity index (χ4n) is 2.52. The molecule has 3 rings (SSSR count). The van der Waals surface area contributed by atoms with Crippen LogP contribution >= 0.6 is 0 Å². The first-order valence-electron chi connectivity index (χ1n) is 7.69. The molecule has 0 amide bonds. The number of hydrogen-bond donors (Lipinski definition) is 0. The molecule has 0 saturated carbocycles. The lowest BCUT2D eigenvalue weighted by molar-refractivity contribution is 0.00578. The molecule has 0 unspecified atom stereocenters. The summed E-state index contributed by atoms with van der Waals surface area (Å²) in [5.74, 6) is -0.488. The molecule has 0 aromatic carbocycles. The molecule has 1 fully saturated rings. The van der Waals surface area contributed by atoms with Gasteiger partial charge in [-0.3, -0.25) is 4.68 Å². The summed E-state index contributed by atoms with van der Waals surface area (Å²) in [5, 5.41) is 4.47. The van der Waals surface area contributed by atoms with Crippen LogP contribution < -0.4 is 5.46 Å². The smallest absolute Gasteiger partial charge is 0.399 e. The molecule has 23 heavy (non-hydrogen) atoms. The minimum absolute atomic E-state index is 0.393. The third kappa shape index (κ3) is 3.03. The van der Waals surface area contributed by atoms with Crippen LogP contribution in [0.3, 0.4) is 0 Å². The van der Waals surface area contributed by atoms with Crippen molar-refractivity contribution in [1.82, 2.24) is 14.8 Å². The standard InChI is InChI=1S/C16H21BFN3O2/c1-11-13(17-22-15(2,3)16(4,5)23-17)10-21(20-11)9-12-7-6-8-14(18)19-12/h6-8,10H,9H2,1-5H3. The maximum absolute atomic E-state index is 13.2. The molecule has 2 aromatic rings.